The van der Waals surface area contributed by atoms with Gasteiger partial charge in [-0.2, -0.15) is 0 Å². The van der Waals surface area contributed by atoms with Crippen LogP contribution < -0.4 is 4.74 Å². The van der Waals surface area contributed by atoms with E-state index in [1.54, 1.807) is 14.0 Å². The molecule has 0 aliphatic rings. The van der Waals surface area contributed by atoms with Crippen LogP contribution in [0.3, 0.4) is 0 Å². The highest BCUT2D eigenvalue weighted by Crippen LogP contribution is 2.20. The van der Waals surface area contributed by atoms with Crippen molar-refractivity contribution in [2.24, 2.45) is 5.92 Å². The summed E-state index contributed by atoms with van der Waals surface area (Å²) < 4.78 is 5.19. The van der Waals surface area contributed by atoms with Crippen molar-refractivity contribution in [2.75, 3.05) is 7.11 Å². The molecule has 0 aliphatic carbocycles. The van der Waals surface area contributed by atoms with E-state index in [1.165, 1.54) is 0 Å². The van der Waals surface area contributed by atoms with Crippen LogP contribution in [0.15, 0.2) is 24.3 Å². The predicted molar refractivity (Wildman–Crippen MR) is 58.1 cm³/mol. The van der Waals surface area contributed by atoms with Crippen LogP contribution in [0.5, 0.6) is 5.75 Å². The van der Waals surface area contributed by atoms with Crippen LogP contribution in [-0.4, -0.2) is 18.2 Å². The molecule has 3 nitrogen and oxygen atoms in total. The summed E-state index contributed by atoms with van der Waals surface area (Å²) in [7, 11) is 1.62. The summed E-state index contributed by atoms with van der Waals surface area (Å²) in [6.07, 6.45) is 1.37. The first kappa shape index (κ1) is 11.6. The van der Waals surface area contributed by atoms with Gasteiger partial charge in [0.1, 0.15) is 5.75 Å². The van der Waals surface area contributed by atoms with Gasteiger partial charge in [0.15, 0.2) is 0 Å². The number of carboxylic acid groups (broad SMARTS) is 1. The standard InChI is InChI=1S/C12H16O3/c1-9(12(13)14)7-8-10-5-3-4-6-11(10)15-2/h3-6,9H,7-8H2,1-2H3,(H,13,14)/t9-/m1/s1. The third kappa shape index (κ3) is 3.27. The van der Waals surface area contributed by atoms with Crippen molar-refractivity contribution in [3.8, 4) is 5.75 Å². The minimum atomic E-state index is -0.745. The fourth-order valence-electron chi connectivity index (χ4n) is 1.40. The van der Waals surface area contributed by atoms with Gasteiger partial charge in [0.05, 0.1) is 13.0 Å². The Balaban J connectivity index is 2.60. The van der Waals surface area contributed by atoms with E-state index < -0.39 is 5.97 Å². The van der Waals surface area contributed by atoms with E-state index >= 15 is 0 Å². The smallest absolute Gasteiger partial charge is 0.306 e. The van der Waals surface area contributed by atoms with Gasteiger partial charge < -0.3 is 9.84 Å². The molecule has 15 heavy (non-hydrogen) atoms. The second kappa shape index (κ2) is 5.39. The number of aryl methyl sites for hydroxylation is 1. The summed E-state index contributed by atoms with van der Waals surface area (Å²) in [5, 5.41) is 8.76. The lowest BCUT2D eigenvalue weighted by molar-refractivity contribution is -0.141. The lowest BCUT2D eigenvalue weighted by Gasteiger charge is -2.09. The second-order valence-corrected chi connectivity index (χ2v) is 3.59. The van der Waals surface area contributed by atoms with Gasteiger partial charge >= 0.3 is 5.97 Å². The lowest BCUT2D eigenvalue weighted by Crippen LogP contribution is -2.10. The molecule has 0 amide bonds. The lowest BCUT2D eigenvalue weighted by atomic mass is 10.0. The molecule has 0 fully saturated rings. The molecule has 82 valence electrons. The monoisotopic (exact) mass is 208 g/mol. The molecule has 0 saturated carbocycles. The Bertz CT molecular complexity index is 333. The van der Waals surface area contributed by atoms with E-state index in [0.29, 0.717) is 6.42 Å². The zero-order valence-corrected chi connectivity index (χ0v) is 9.06. The molecule has 0 saturated heterocycles. The summed E-state index contributed by atoms with van der Waals surface area (Å²) >= 11 is 0. The average Bonchev–Trinajstić information content (AvgIpc) is 2.26. The minimum Gasteiger partial charge on any atom is -0.496 e. The predicted octanol–water partition coefficient (Wildman–Crippen LogP) is 2.35. The van der Waals surface area contributed by atoms with Crippen LogP contribution in [0, 0.1) is 5.92 Å². The summed E-state index contributed by atoms with van der Waals surface area (Å²) in [6, 6.07) is 7.69. The van der Waals surface area contributed by atoms with Gasteiger partial charge in [0.25, 0.3) is 0 Å². The highest BCUT2D eigenvalue weighted by molar-refractivity contribution is 5.69. The van der Waals surface area contributed by atoms with Gasteiger partial charge in [0, 0.05) is 0 Å². The first-order valence-electron chi connectivity index (χ1n) is 5.00. The number of methoxy groups -OCH3 is 1. The van der Waals surface area contributed by atoms with Crippen molar-refractivity contribution >= 4 is 5.97 Å². The van der Waals surface area contributed by atoms with E-state index in [1.807, 2.05) is 24.3 Å². The van der Waals surface area contributed by atoms with Crippen molar-refractivity contribution in [3.63, 3.8) is 0 Å². The Morgan fingerprint density at radius 1 is 1.47 bits per heavy atom. The van der Waals surface area contributed by atoms with Crippen molar-refractivity contribution in [1.29, 1.82) is 0 Å². The first-order chi connectivity index (χ1) is 7.15. The maximum absolute atomic E-state index is 10.6. The van der Waals surface area contributed by atoms with E-state index in [4.69, 9.17) is 9.84 Å². The number of carboxylic acids is 1. The summed E-state index contributed by atoms with van der Waals surface area (Å²) in [5.41, 5.74) is 1.06. The average molecular weight is 208 g/mol. The molecule has 0 aromatic heterocycles. The van der Waals surface area contributed by atoms with Crippen LogP contribution in [-0.2, 0) is 11.2 Å². The Morgan fingerprint density at radius 2 is 2.13 bits per heavy atom. The van der Waals surface area contributed by atoms with E-state index in [-0.39, 0.29) is 5.92 Å². The minimum absolute atomic E-state index is 0.310. The third-order valence-corrected chi connectivity index (χ3v) is 2.46. The number of hydrogen-bond acceptors (Lipinski definition) is 2. The van der Waals surface area contributed by atoms with E-state index in [2.05, 4.69) is 0 Å². The molecule has 1 rings (SSSR count). The van der Waals surface area contributed by atoms with Crippen LogP contribution in [0.1, 0.15) is 18.9 Å². The van der Waals surface area contributed by atoms with Crippen LogP contribution in [0.2, 0.25) is 0 Å². The van der Waals surface area contributed by atoms with E-state index in [9.17, 15) is 4.79 Å². The molecule has 0 spiro atoms. The number of benzene rings is 1. The van der Waals surface area contributed by atoms with Crippen molar-refractivity contribution in [1.82, 2.24) is 0 Å². The maximum Gasteiger partial charge on any atom is 0.306 e. The number of ether oxygens (including phenoxy) is 1. The van der Waals surface area contributed by atoms with Gasteiger partial charge in [-0.05, 0) is 24.5 Å². The summed E-state index contributed by atoms with van der Waals surface area (Å²) in [5.74, 6) is -0.227. The SMILES string of the molecule is COc1ccccc1CC[C@@H](C)C(=O)O. The summed E-state index contributed by atoms with van der Waals surface area (Å²) in [6.45, 7) is 1.72. The van der Waals surface area contributed by atoms with Crippen LogP contribution in [0.25, 0.3) is 0 Å². The normalized spacial score (nSPS) is 12.1. The molecule has 1 atom stereocenters. The molecule has 0 bridgehead atoms. The summed E-state index contributed by atoms with van der Waals surface area (Å²) in [4.78, 5) is 10.6. The fourth-order valence-corrected chi connectivity index (χ4v) is 1.40. The number of aliphatic carboxylic acids is 1. The largest absolute Gasteiger partial charge is 0.496 e. The number of rotatable bonds is 5. The Kier molecular flexibility index (Phi) is 4.16. The Labute approximate surface area is 89.7 Å². The van der Waals surface area contributed by atoms with Gasteiger partial charge in [-0.3, -0.25) is 4.79 Å². The Hall–Kier alpha value is -1.51. The highest BCUT2D eigenvalue weighted by Gasteiger charge is 2.11. The van der Waals surface area contributed by atoms with Crippen molar-refractivity contribution in [2.45, 2.75) is 19.8 Å². The molecule has 3 heteroatoms. The molecular weight excluding hydrogens is 192 g/mol. The molecular formula is C12H16O3. The zero-order chi connectivity index (χ0) is 11.3. The second-order valence-electron chi connectivity index (χ2n) is 3.59. The third-order valence-electron chi connectivity index (χ3n) is 2.46. The van der Waals surface area contributed by atoms with Crippen LogP contribution >= 0.6 is 0 Å². The number of hydrogen-bond donors (Lipinski definition) is 1. The molecule has 1 N–H and O–H groups in total. The van der Waals surface area contributed by atoms with Gasteiger partial charge in [-0.25, -0.2) is 0 Å². The molecule has 0 heterocycles. The number of carbonyl (C=O) groups is 1. The molecule has 0 radical (unpaired) electrons. The van der Waals surface area contributed by atoms with E-state index in [0.717, 1.165) is 17.7 Å². The quantitative estimate of drug-likeness (QED) is 0.807. The maximum atomic E-state index is 10.6. The molecule has 1 aromatic carbocycles. The highest BCUT2D eigenvalue weighted by atomic mass is 16.5. The van der Waals surface area contributed by atoms with Crippen molar-refractivity contribution in [3.05, 3.63) is 29.8 Å². The van der Waals surface area contributed by atoms with Crippen molar-refractivity contribution < 1.29 is 14.6 Å². The van der Waals surface area contributed by atoms with Gasteiger partial charge in [-0.15, -0.1) is 0 Å². The fraction of sp³-hybridized carbons (Fsp3) is 0.417. The molecule has 1 aromatic rings. The number of para-hydroxylation sites is 1. The first-order valence-corrected chi connectivity index (χ1v) is 5.00. The topological polar surface area (TPSA) is 46.5 Å². The Morgan fingerprint density at radius 3 is 2.73 bits per heavy atom. The molecule has 0 unspecified atom stereocenters. The van der Waals surface area contributed by atoms with Gasteiger partial charge in [0.2, 0.25) is 0 Å². The van der Waals surface area contributed by atoms with Gasteiger partial charge in [-0.1, -0.05) is 25.1 Å². The van der Waals surface area contributed by atoms with Crippen LogP contribution in [0.4, 0.5) is 0 Å². The molecule has 0 aliphatic heterocycles. The zero-order valence-electron chi connectivity index (χ0n) is 9.06.